The third kappa shape index (κ3) is 3.59. The first-order chi connectivity index (χ1) is 12.1. The fraction of sp³-hybridized carbons (Fsp3) is 0.550. The van der Waals surface area contributed by atoms with E-state index in [2.05, 4.69) is 67.4 Å². The fourth-order valence-electron chi connectivity index (χ4n) is 3.61. The SMILES string of the molecule is CCN(CC)c1ccc(-c2csc(C3(N(C)C)CCOCC3)n2)cc1. The van der Waals surface area contributed by atoms with Gasteiger partial charge in [-0.2, -0.15) is 0 Å². The minimum absolute atomic E-state index is 0.0162. The highest BCUT2D eigenvalue weighted by atomic mass is 32.1. The van der Waals surface area contributed by atoms with Crippen molar-refractivity contribution in [2.75, 3.05) is 45.3 Å². The zero-order chi connectivity index (χ0) is 17.9. The van der Waals surface area contributed by atoms with E-state index in [1.807, 2.05) is 0 Å². The summed E-state index contributed by atoms with van der Waals surface area (Å²) in [7, 11) is 4.32. The Kier molecular flexibility index (Phi) is 5.77. The van der Waals surface area contributed by atoms with Crippen LogP contribution in [0.5, 0.6) is 0 Å². The second kappa shape index (κ2) is 7.85. The van der Waals surface area contributed by atoms with E-state index in [0.717, 1.165) is 44.8 Å². The third-order valence-electron chi connectivity index (χ3n) is 5.37. The van der Waals surface area contributed by atoms with Crippen LogP contribution < -0.4 is 4.90 Å². The molecule has 0 saturated carbocycles. The van der Waals surface area contributed by atoms with Gasteiger partial charge in [-0.05, 0) is 52.9 Å². The maximum atomic E-state index is 5.59. The molecule has 1 fully saturated rings. The Labute approximate surface area is 155 Å². The summed E-state index contributed by atoms with van der Waals surface area (Å²) in [5.41, 5.74) is 3.57. The second-order valence-corrected chi connectivity index (χ2v) is 7.65. The summed E-state index contributed by atoms with van der Waals surface area (Å²) >= 11 is 1.78. The molecule has 0 aliphatic carbocycles. The lowest BCUT2D eigenvalue weighted by Crippen LogP contribution is -2.45. The Morgan fingerprint density at radius 3 is 2.28 bits per heavy atom. The molecule has 4 nitrogen and oxygen atoms in total. The number of hydrogen-bond donors (Lipinski definition) is 0. The number of hydrogen-bond acceptors (Lipinski definition) is 5. The summed E-state index contributed by atoms with van der Waals surface area (Å²) in [5.74, 6) is 0. The van der Waals surface area contributed by atoms with E-state index in [4.69, 9.17) is 9.72 Å². The molecule has 2 heterocycles. The van der Waals surface area contributed by atoms with Gasteiger partial charge >= 0.3 is 0 Å². The molecule has 136 valence electrons. The first-order valence-electron chi connectivity index (χ1n) is 9.17. The van der Waals surface area contributed by atoms with Crippen molar-refractivity contribution in [1.82, 2.24) is 9.88 Å². The molecular formula is C20H29N3OS. The molecule has 0 unspecified atom stereocenters. The quantitative estimate of drug-likeness (QED) is 0.772. The van der Waals surface area contributed by atoms with Gasteiger partial charge in [0.25, 0.3) is 0 Å². The third-order valence-corrected chi connectivity index (χ3v) is 6.41. The molecule has 1 aliphatic rings. The van der Waals surface area contributed by atoms with Crippen molar-refractivity contribution in [3.8, 4) is 11.3 Å². The maximum Gasteiger partial charge on any atom is 0.114 e. The molecule has 1 aromatic heterocycles. The van der Waals surface area contributed by atoms with Gasteiger partial charge in [-0.3, -0.25) is 4.90 Å². The minimum Gasteiger partial charge on any atom is -0.381 e. The predicted octanol–water partition coefficient (Wildman–Crippen LogP) is 4.22. The Bertz CT molecular complexity index is 671. The Hall–Kier alpha value is -1.43. The summed E-state index contributed by atoms with van der Waals surface area (Å²) in [4.78, 5) is 9.70. The standard InChI is InChI=1S/C20H29N3OS/c1-5-23(6-2)17-9-7-16(8-10-17)18-15-25-19(21-18)20(22(3)4)11-13-24-14-12-20/h7-10,15H,5-6,11-14H2,1-4H3. The van der Waals surface area contributed by atoms with E-state index >= 15 is 0 Å². The van der Waals surface area contributed by atoms with Crippen LogP contribution in [-0.4, -0.2) is 50.3 Å². The second-order valence-electron chi connectivity index (χ2n) is 6.80. The van der Waals surface area contributed by atoms with Crippen molar-refractivity contribution in [3.05, 3.63) is 34.7 Å². The Morgan fingerprint density at radius 1 is 1.08 bits per heavy atom. The van der Waals surface area contributed by atoms with Crippen LogP contribution in [0.15, 0.2) is 29.6 Å². The summed E-state index contributed by atoms with van der Waals surface area (Å²) in [6, 6.07) is 8.80. The number of anilines is 1. The van der Waals surface area contributed by atoms with Crippen LogP contribution in [0.25, 0.3) is 11.3 Å². The van der Waals surface area contributed by atoms with Crippen molar-refractivity contribution in [2.45, 2.75) is 32.2 Å². The molecule has 3 rings (SSSR count). The largest absolute Gasteiger partial charge is 0.381 e. The van der Waals surface area contributed by atoms with Gasteiger partial charge in [-0.1, -0.05) is 12.1 Å². The molecule has 25 heavy (non-hydrogen) atoms. The van der Waals surface area contributed by atoms with Crippen LogP contribution in [0, 0.1) is 0 Å². The predicted molar refractivity (Wildman–Crippen MR) is 107 cm³/mol. The van der Waals surface area contributed by atoms with E-state index in [1.165, 1.54) is 16.3 Å². The molecule has 5 heteroatoms. The summed E-state index contributed by atoms with van der Waals surface area (Å²) in [5, 5.41) is 3.41. The highest BCUT2D eigenvalue weighted by molar-refractivity contribution is 7.10. The molecule has 0 bridgehead atoms. The highest BCUT2D eigenvalue weighted by Crippen LogP contribution is 2.39. The van der Waals surface area contributed by atoms with Crippen molar-refractivity contribution in [3.63, 3.8) is 0 Å². The number of benzene rings is 1. The van der Waals surface area contributed by atoms with Gasteiger partial charge in [0.1, 0.15) is 5.01 Å². The number of rotatable bonds is 6. The van der Waals surface area contributed by atoms with Gasteiger partial charge < -0.3 is 9.64 Å². The first-order valence-corrected chi connectivity index (χ1v) is 10.0. The zero-order valence-electron chi connectivity index (χ0n) is 15.8. The van der Waals surface area contributed by atoms with Gasteiger partial charge in [0, 0.05) is 42.9 Å². The average Bonchev–Trinajstić information content (AvgIpc) is 3.14. The van der Waals surface area contributed by atoms with E-state index in [0.29, 0.717) is 0 Å². The summed E-state index contributed by atoms with van der Waals surface area (Å²) < 4.78 is 5.59. The monoisotopic (exact) mass is 359 g/mol. The van der Waals surface area contributed by atoms with Crippen LogP contribution in [0.1, 0.15) is 31.7 Å². The summed E-state index contributed by atoms with van der Waals surface area (Å²) in [6.07, 6.45) is 2.02. The van der Waals surface area contributed by atoms with Gasteiger partial charge in [-0.25, -0.2) is 4.98 Å². The first kappa shape index (κ1) is 18.4. The van der Waals surface area contributed by atoms with Crippen molar-refractivity contribution < 1.29 is 4.74 Å². The molecule has 0 spiro atoms. The minimum atomic E-state index is 0.0162. The molecule has 2 aromatic rings. The van der Waals surface area contributed by atoms with Crippen LogP contribution in [0.3, 0.4) is 0 Å². The average molecular weight is 360 g/mol. The molecule has 0 atom stereocenters. The smallest absolute Gasteiger partial charge is 0.114 e. The molecule has 0 N–H and O–H groups in total. The Morgan fingerprint density at radius 2 is 1.72 bits per heavy atom. The van der Waals surface area contributed by atoms with E-state index in [9.17, 15) is 0 Å². The lowest BCUT2D eigenvalue weighted by Gasteiger charge is -2.41. The van der Waals surface area contributed by atoms with Crippen LogP contribution >= 0.6 is 11.3 Å². The van der Waals surface area contributed by atoms with Crippen molar-refractivity contribution >= 4 is 17.0 Å². The van der Waals surface area contributed by atoms with Gasteiger partial charge in [0.05, 0.1) is 11.2 Å². The highest BCUT2D eigenvalue weighted by Gasteiger charge is 2.39. The maximum absolute atomic E-state index is 5.59. The van der Waals surface area contributed by atoms with Crippen LogP contribution in [0.4, 0.5) is 5.69 Å². The van der Waals surface area contributed by atoms with E-state index < -0.39 is 0 Å². The topological polar surface area (TPSA) is 28.6 Å². The van der Waals surface area contributed by atoms with Gasteiger partial charge in [0.2, 0.25) is 0 Å². The molecule has 1 aliphatic heterocycles. The number of thiazole rings is 1. The van der Waals surface area contributed by atoms with Gasteiger partial charge in [-0.15, -0.1) is 11.3 Å². The lowest BCUT2D eigenvalue weighted by atomic mass is 9.89. The van der Waals surface area contributed by atoms with Gasteiger partial charge in [0.15, 0.2) is 0 Å². The van der Waals surface area contributed by atoms with Crippen LogP contribution in [-0.2, 0) is 10.3 Å². The zero-order valence-corrected chi connectivity index (χ0v) is 16.6. The van der Waals surface area contributed by atoms with Crippen LogP contribution in [0.2, 0.25) is 0 Å². The fourth-order valence-corrected chi connectivity index (χ4v) is 4.78. The van der Waals surface area contributed by atoms with E-state index in [-0.39, 0.29) is 5.54 Å². The van der Waals surface area contributed by atoms with Crippen molar-refractivity contribution in [2.24, 2.45) is 0 Å². The van der Waals surface area contributed by atoms with Crippen molar-refractivity contribution in [1.29, 1.82) is 0 Å². The van der Waals surface area contributed by atoms with E-state index in [1.54, 1.807) is 11.3 Å². The molecule has 1 saturated heterocycles. The summed E-state index contributed by atoms with van der Waals surface area (Å²) in [6.45, 7) is 8.07. The molecule has 0 amide bonds. The number of aromatic nitrogens is 1. The molecule has 0 radical (unpaired) electrons. The normalized spacial score (nSPS) is 17.0. The number of ether oxygens (including phenoxy) is 1. The molecule has 1 aromatic carbocycles. The molecular weight excluding hydrogens is 330 g/mol. The lowest BCUT2D eigenvalue weighted by molar-refractivity contribution is -0.0106. The Balaban J connectivity index is 1.85. The number of nitrogens with zero attached hydrogens (tertiary/aromatic N) is 3.